The van der Waals surface area contributed by atoms with Crippen molar-refractivity contribution in [2.45, 2.75) is 27.0 Å². The molecule has 140 valence electrons. The van der Waals surface area contributed by atoms with Crippen LogP contribution < -0.4 is 14.8 Å². The van der Waals surface area contributed by atoms with Crippen LogP contribution in [0, 0.1) is 5.92 Å². The fourth-order valence-electron chi connectivity index (χ4n) is 2.73. The normalized spacial score (nSPS) is 16.5. The molecule has 5 nitrogen and oxygen atoms in total. The van der Waals surface area contributed by atoms with Gasteiger partial charge < -0.3 is 14.8 Å². The van der Waals surface area contributed by atoms with E-state index in [0.29, 0.717) is 5.92 Å². The van der Waals surface area contributed by atoms with E-state index in [1.807, 2.05) is 30.3 Å². The summed E-state index contributed by atoms with van der Waals surface area (Å²) in [6.45, 7) is 10.3. The third kappa shape index (κ3) is 5.14. The number of fused-ring (bicyclic) bond motifs is 1. The minimum atomic E-state index is -0.269. The van der Waals surface area contributed by atoms with Crippen LogP contribution in [0.2, 0.25) is 0 Å². The van der Waals surface area contributed by atoms with E-state index in [1.165, 1.54) is 17.5 Å². The van der Waals surface area contributed by atoms with E-state index in [0.717, 1.165) is 27.9 Å². The Morgan fingerprint density at radius 1 is 1.33 bits per heavy atom. The van der Waals surface area contributed by atoms with Crippen LogP contribution in [0.5, 0.6) is 5.75 Å². The SMILES string of the molecule is C=C/C(=C\C(C)=C/C(C)C)SNc1cc(C2Nc3ncccc3O2)ccn1. The molecule has 0 radical (unpaired) electrons. The summed E-state index contributed by atoms with van der Waals surface area (Å²) in [6, 6.07) is 7.66. The first-order chi connectivity index (χ1) is 13.0. The zero-order valence-corrected chi connectivity index (χ0v) is 16.6. The lowest BCUT2D eigenvalue weighted by Gasteiger charge is -2.13. The van der Waals surface area contributed by atoms with E-state index in [2.05, 4.69) is 59.5 Å². The molecule has 3 rings (SSSR count). The van der Waals surface area contributed by atoms with E-state index >= 15 is 0 Å². The fraction of sp³-hybridized carbons (Fsp3) is 0.238. The van der Waals surface area contributed by atoms with Gasteiger partial charge >= 0.3 is 0 Å². The predicted molar refractivity (Wildman–Crippen MR) is 114 cm³/mol. The number of rotatable bonds is 7. The van der Waals surface area contributed by atoms with Crippen molar-refractivity contribution >= 4 is 23.6 Å². The average molecular weight is 381 g/mol. The predicted octanol–water partition coefficient (Wildman–Crippen LogP) is 5.71. The summed E-state index contributed by atoms with van der Waals surface area (Å²) >= 11 is 1.48. The molecule has 3 heterocycles. The van der Waals surface area contributed by atoms with Gasteiger partial charge in [-0.05, 0) is 55.1 Å². The number of allylic oxidation sites excluding steroid dienone is 4. The van der Waals surface area contributed by atoms with Gasteiger partial charge in [-0.25, -0.2) is 9.97 Å². The Labute approximate surface area is 164 Å². The van der Waals surface area contributed by atoms with E-state index in [4.69, 9.17) is 4.74 Å². The monoisotopic (exact) mass is 380 g/mol. The van der Waals surface area contributed by atoms with Crippen molar-refractivity contribution in [3.05, 3.63) is 77.5 Å². The molecular weight excluding hydrogens is 356 g/mol. The maximum absolute atomic E-state index is 5.91. The molecular formula is C21H24N4OS. The highest BCUT2D eigenvalue weighted by atomic mass is 32.2. The van der Waals surface area contributed by atoms with E-state index in [-0.39, 0.29) is 6.23 Å². The Hall–Kier alpha value is -2.73. The Morgan fingerprint density at radius 2 is 2.19 bits per heavy atom. The fourth-order valence-corrected chi connectivity index (χ4v) is 3.39. The molecule has 1 aliphatic heterocycles. The highest BCUT2D eigenvalue weighted by Gasteiger charge is 2.24. The largest absolute Gasteiger partial charge is 0.463 e. The standard InChI is InChI=1S/C21H24N4OS/c1-5-17(12-15(4)11-14(2)3)27-25-19-13-16(8-10-22-19)21-24-20-18(26-21)7-6-9-23-20/h5-14,21H,1H2,2-4H3,(H,22,25)(H,23,24)/b15-11-,17-12+. The van der Waals surface area contributed by atoms with Crippen LogP contribution in [0.4, 0.5) is 11.6 Å². The Bertz CT molecular complexity index is 851. The molecule has 0 aromatic carbocycles. The minimum absolute atomic E-state index is 0.269. The smallest absolute Gasteiger partial charge is 0.198 e. The Kier molecular flexibility index (Phi) is 6.19. The zero-order valence-electron chi connectivity index (χ0n) is 15.8. The van der Waals surface area contributed by atoms with Crippen LogP contribution in [0.1, 0.15) is 32.6 Å². The summed E-state index contributed by atoms with van der Waals surface area (Å²) in [5, 5.41) is 3.27. The maximum atomic E-state index is 5.91. The Balaban J connectivity index is 1.66. The summed E-state index contributed by atoms with van der Waals surface area (Å²) < 4.78 is 9.19. The van der Waals surface area contributed by atoms with Crippen LogP contribution in [0.15, 0.2) is 71.9 Å². The number of nitrogens with one attached hydrogen (secondary N) is 2. The second-order valence-electron chi connectivity index (χ2n) is 6.58. The second-order valence-corrected chi connectivity index (χ2v) is 7.46. The van der Waals surface area contributed by atoms with E-state index in [9.17, 15) is 0 Å². The number of aromatic nitrogens is 2. The number of anilines is 2. The van der Waals surface area contributed by atoms with Gasteiger partial charge in [0.15, 0.2) is 17.8 Å². The van der Waals surface area contributed by atoms with Gasteiger partial charge in [-0.3, -0.25) is 0 Å². The molecule has 0 amide bonds. The first kappa shape index (κ1) is 19.0. The minimum Gasteiger partial charge on any atom is -0.463 e. The molecule has 1 atom stereocenters. The number of hydrogen-bond donors (Lipinski definition) is 2. The van der Waals surface area contributed by atoms with Gasteiger partial charge in [0.25, 0.3) is 0 Å². The van der Waals surface area contributed by atoms with Crippen LogP contribution >= 0.6 is 11.9 Å². The van der Waals surface area contributed by atoms with Gasteiger partial charge in [-0.15, -0.1) is 0 Å². The first-order valence-electron chi connectivity index (χ1n) is 8.84. The van der Waals surface area contributed by atoms with Crippen LogP contribution in [-0.4, -0.2) is 9.97 Å². The zero-order chi connectivity index (χ0) is 19.2. The topological polar surface area (TPSA) is 59.1 Å². The molecule has 1 unspecified atom stereocenters. The molecule has 2 N–H and O–H groups in total. The van der Waals surface area contributed by atoms with Crippen molar-refractivity contribution in [3.8, 4) is 5.75 Å². The molecule has 2 aromatic heterocycles. The van der Waals surface area contributed by atoms with Crippen molar-refractivity contribution in [2.24, 2.45) is 5.92 Å². The van der Waals surface area contributed by atoms with E-state index in [1.54, 1.807) is 12.4 Å². The summed E-state index contributed by atoms with van der Waals surface area (Å²) in [6.07, 6.45) is 9.40. The van der Waals surface area contributed by atoms with Gasteiger partial charge in [0, 0.05) is 22.9 Å². The van der Waals surface area contributed by atoms with Crippen LogP contribution in [-0.2, 0) is 0 Å². The summed E-state index contributed by atoms with van der Waals surface area (Å²) in [5.41, 5.74) is 2.19. The third-order valence-corrected chi connectivity index (χ3v) is 4.64. The molecule has 0 aliphatic carbocycles. The molecule has 0 spiro atoms. The van der Waals surface area contributed by atoms with Crippen molar-refractivity contribution in [1.29, 1.82) is 0 Å². The number of nitrogens with zero attached hydrogens (tertiary/aromatic N) is 2. The molecule has 6 heteroatoms. The van der Waals surface area contributed by atoms with Gasteiger partial charge in [0.2, 0.25) is 0 Å². The number of pyridine rings is 2. The van der Waals surface area contributed by atoms with Crippen LogP contribution in [0.25, 0.3) is 0 Å². The molecule has 27 heavy (non-hydrogen) atoms. The third-order valence-electron chi connectivity index (χ3n) is 3.81. The average Bonchev–Trinajstić information content (AvgIpc) is 3.09. The number of hydrogen-bond acceptors (Lipinski definition) is 6. The quantitative estimate of drug-likeness (QED) is 0.474. The summed E-state index contributed by atoms with van der Waals surface area (Å²) in [4.78, 5) is 9.70. The molecule has 1 aliphatic rings. The highest BCUT2D eigenvalue weighted by molar-refractivity contribution is 8.04. The van der Waals surface area contributed by atoms with Crippen molar-refractivity contribution < 1.29 is 4.74 Å². The van der Waals surface area contributed by atoms with Crippen molar-refractivity contribution in [2.75, 3.05) is 10.0 Å². The molecule has 0 fully saturated rings. The van der Waals surface area contributed by atoms with Crippen LogP contribution in [0.3, 0.4) is 0 Å². The molecule has 2 aromatic rings. The van der Waals surface area contributed by atoms with Gasteiger partial charge in [-0.2, -0.15) is 0 Å². The maximum Gasteiger partial charge on any atom is 0.198 e. The lowest BCUT2D eigenvalue weighted by atomic mass is 10.1. The van der Waals surface area contributed by atoms with Gasteiger partial charge in [-0.1, -0.05) is 38.2 Å². The lowest BCUT2D eigenvalue weighted by Crippen LogP contribution is -2.10. The van der Waals surface area contributed by atoms with Gasteiger partial charge in [0.05, 0.1) is 0 Å². The van der Waals surface area contributed by atoms with Crippen molar-refractivity contribution in [3.63, 3.8) is 0 Å². The highest BCUT2D eigenvalue weighted by Crippen LogP contribution is 2.36. The second kappa shape index (κ2) is 8.77. The molecule has 0 saturated heterocycles. The van der Waals surface area contributed by atoms with Gasteiger partial charge in [0.1, 0.15) is 5.82 Å². The summed E-state index contributed by atoms with van der Waals surface area (Å²) in [7, 11) is 0. The summed E-state index contributed by atoms with van der Waals surface area (Å²) in [5.74, 6) is 2.78. The lowest BCUT2D eigenvalue weighted by molar-refractivity contribution is 0.260. The Morgan fingerprint density at radius 3 is 2.93 bits per heavy atom. The van der Waals surface area contributed by atoms with Crippen molar-refractivity contribution in [1.82, 2.24) is 9.97 Å². The molecule has 0 saturated carbocycles. The molecule has 0 bridgehead atoms. The first-order valence-corrected chi connectivity index (χ1v) is 9.66. The number of ether oxygens (including phenoxy) is 1. The van der Waals surface area contributed by atoms with E-state index < -0.39 is 0 Å².